The van der Waals surface area contributed by atoms with Gasteiger partial charge in [0.2, 0.25) is 0 Å². The minimum atomic E-state index is -0.488. The lowest BCUT2D eigenvalue weighted by molar-refractivity contribution is -0.384. The highest BCUT2D eigenvalue weighted by atomic mass is 35.5. The van der Waals surface area contributed by atoms with E-state index in [2.05, 4.69) is 10.6 Å². The topological polar surface area (TPSA) is 76.4 Å². The Morgan fingerprint density at radius 3 is 2.62 bits per heavy atom. The molecule has 0 radical (unpaired) electrons. The molecule has 2 aromatic carbocycles. The molecule has 0 atom stereocenters. The Bertz CT molecular complexity index is 783. The Labute approximate surface area is 149 Å². The minimum Gasteiger partial charge on any atom is -0.494 e. The molecule has 0 aliphatic heterocycles. The van der Waals surface area contributed by atoms with Gasteiger partial charge in [-0.2, -0.15) is 0 Å². The number of nitro groups is 1. The van der Waals surface area contributed by atoms with Gasteiger partial charge in [-0.05, 0) is 55.9 Å². The van der Waals surface area contributed by atoms with Crippen LogP contribution in [0.25, 0.3) is 0 Å². The zero-order chi connectivity index (χ0) is 17.7. The Morgan fingerprint density at radius 1 is 1.25 bits per heavy atom. The van der Waals surface area contributed by atoms with Crippen molar-refractivity contribution in [3.63, 3.8) is 0 Å². The number of rotatable bonds is 5. The molecular formula is C16H16ClN3O3S. The van der Waals surface area contributed by atoms with Crippen molar-refractivity contribution in [2.45, 2.75) is 13.8 Å². The van der Waals surface area contributed by atoms with E-state index in [-0.39, 0.29) is 16.5 Å². The van der Waals surface area contributed by atoms with Gasteiger partial charge in [-0.1, -0.05) is 17.7 Å². The second-order valence-corrected chi connectivity index (χ2v) is 5.75. The molecule has 0 aromatic heterocycles. The van der Waals surface area contributed by atoms with Gasteiger partial charge in [0, 0.05) is 10.7 Å². The number of hydrogen-bond acceptors (Lipinski definition) is 4. The molecular weight excluding hydrogens is 350 g/mol. The van der Waals surface area contributed by atoms with E-state index in [9.17, 15) is 10.1 Å². The molecule has 0 saturated carbocycles. The Balaban J connectivity index is 2.19. The summed E-state index contributed by atoms with van der Waals surface area (Å²) in [5.74, 6) is 0.430. The van der Waals surface area contributed by atoms with Crippen LogP contribution in [0.1, 0.15) is 12.5 Å². The number of ether oxygens (including phenoxy) is 1. The molecule has 0 fully saturated rings. The number of hydrogen-bond donors (Lipinski definition) is 2. The van der Waals surface area contributed by atoms with Crippen LogP contribution in [0, 0.1) is 17.0 Å². The van der Waals surface area contributed by atoms with E-state index < -0.39 is 4.92 Å². The summed E-state index contributed by atoms with van der Waals surface area (Å²) in [6.07, 6.45) is 0. The fourth-order valence-corrected chi connectivity index (χ4v) is 2.42. The number of benzene rings is 2. The molecule has 0 heterocycles. The first-order chi connectivity index (χ1) is 11.4. The molecule has 0 saturated heterocycles. The van der Waals surface area contributed by atoms with E-state index in [0.29, 0.717) is 17.4 Å². The summed E-state index contributed by atoms with van der Waals surface area (Å²) in [4.78, 5) is 10.8. The van der Waals surface area contributed by atoms with Gasteiger partial charge < -0.3 is 15.4 Å². The number of thiocarbonyl (C=S) groups is 1. The molecule has 0 bridgehead atoms. The van der Waals surface area contributed by atoms with E-state index in [1.807, 2.05) is 19.9 Å². The van der Waals surface area contributed by atoms with Crippen LogP contribution in [0.5, 0.6) is 5.75 Å². The summed E-state index contributed by atoms with van der Waals surface area (Å²) in [6.45, 7) is 4.14. The molecule has 6 nitrogen and oxygen atoms in total. The molecule has 0 spiro atoms. The van der Waals surface area contributed by atoms with Gasteiger partial charge in [-0.25, -0.2) is 0 Å². The van der Waals surface area contributed by atoms with Gasteiger partial charge in [0.05, 0.1) is 17.6 Å². The van der Waals surface area contributed by atoms with E-state index in [1.165, 1.54) is 6.07 Å². The highest BCUT2D eigenvalue weighted by Gasteiger charge is 2.16. The summed E-state index contributed by atoms with van der Waals surface area (Å²) >= 11 is 11.2. The number of anilines is 2. The Morgan fingerprint density at radius 2 is 1.96 bits per heavy atom. The van der Waals surface area contributed by atoms with Crippen molar-refractivity contribution >= 4 is 46.0 Å². The van der Waals surface area contributed by atoms with Crippen molar-refractivity contribution in [1.82, 2.24) is 0 Å². The van der Waals surface area contributed by atoms with Crippen LogP contribution >= 0.6 is 23.8 Å². The molecule has 8 heteroatoms. The largest absolute Gasteiger partial charge is 0.494 e. The number of halogens is 1. The maximum absolute atomic E-state index is 11.2. The summed E-state index contributed by atoms with van der Waals surface area (Å²) in [6, 6.07) is 9.92. The lowest BCUT2D eigenvalue weighted by Crippen LogP contribution is -2.20. The van der Waals surface area contributed by atoms with E-state index in [4.69, 9.17) is 28.6 Å². The van der Waals surface area contributed by atoms with Gasteiger partial charge in [-0.3, -0.25) is 10.1 Å². The van der Waals surface area contributed by atoms with Crippen molar-refractivity contribution in [3.8, 4) is 5.75 Å². The van der Waals surface area contributed by atoms with Crippen LogP contribution in [-0.2, 0) is 0 Å². The van der Waals surface area contributed by atoms with E-state index >= 15 is 0 Å². The molecule has 126 valence electrons. The standard InChI is InChI=1S/C16H16ClN3O3S/c1-3-23-12-6-7-13(15(9-12)20(21)22)18-16(24)19-14-8-11(17)5-4-10(14)2/h4-9H,3H2,1-2H3,(H2,18,19,24). The number of nitrogens with zero attached hydrogens (tertiary/aromatic N) is 1. The Kier molecular flexibility index (Phi) is 5.94. The minimum absolute atomic E-state index is 0.118. The smallest absolute Gasteiger partial charge is 0.296 e. The summed E-state index contributed by atoms with van der Waals surface area (Å²) in [7, 11) is 0. The SMILES string of the molecule is CCOc1ccc(NC(=S)Nc2cc(Cl)ccc2C)c([N+](=O)[O-])c1. The van der Waals surface area contributed by atoms with Gasteiger partial charge in [-0.15, -0.1) is 0 Å². The normalized spacial score (nSPS) is 10.1. The summed E-state index contributed by atoms with van der Waals surface area (Å²) in [5.41, 5.74) is 1.84. The Hall–Kier alpha value is -2.38. The first-order valence-corrected chi connectivity index (χ1v) is 7.94. The lowest BCUT2D eigenvalue weighted by atomic mass is 10.2. The third-order valence-corrected chi connectivity index (χ3v) is 3.61. The van der Waals surface area contributed by atoms with Gasteiger partial charge in [0.25, 0.3) is 5.69 Å². The third kappa shape index (κ3) is 4.56. The summed E-state index contributed by atoms with van der Waals surface area (Å²) < 4.78 is 5.29. The first-order valence-electron chi connectivity index (χ1n) is 7.16. The first kappa shape index (κ1) is 18.0. The molecule has 0 aliphatic rings. The van der Waals surface area contributed by atoms with Crippen LogP contribution < -0.4 is 15.4 Å². The maximum Gasteiger partial charge on any atom is 0.296 e. The second-order valence-electron chi connectivity index (χ2n) is 4.91. The molecule has 2 aromatic rings. The van der Waals surface area contributed by atoms with Gasteiger partial charge in [0.15, 0.2) is 5.11 Å². The average molecular weight is 366 g/mol. The zero-order valence-electron chi connectivity index (χ0n) is 13.1. The third-order valence-electron chi connectivity index (χ3n) is 3.17. The number of nitro benzene ring substituents is 1. The second kappa shape index (κ2) is 7.94. The quantitative estimate of drug-likeness (QED) is 0.451. The van der Waals surface area contributed by atoms with Gasteiger partial charge in [0.1, 0.15) is 11.4 Å². The highest BCUT2D eigenvalue weighted by Crippen LogP contribution is 2.29. The predicted octanol–water partition coefficient (Wildman–Crippen LogP) is 4.76. The maximum atomic E-state index is 11.2. The van der Waals surface area contributed by atoms with Crippen LogP contribution in [0.4, 0.5) is 17.1 Å². The van der Waals surface area contributed by atoms with Crippen molar-refractivity contribution in [1.29, 1.82) is 0 Å². The van der Waals surface area contributed by atoms with Crippen LogP contribution in [0.3, 0.4) is 0 Å². The predicted molar refractivity (Wildman–Crippen MR) is 100 cm³/mol. The molecule has 2 rings (SSSR count). The van der Waals surface area contributed by atoms with Crippen molar-refractivity contribution < 1.29 is 9.66 Å². The van der Waals surface area contributed by atoms with E-state index in [0.717, 1.165) is 11.3 Å². The number of aryl methyl sites for hydroxylation is 1. The van der Waals surface area contributed by atoms with Crippen LogP contribution in [0.2, 0.25) is 5.02 Å². The van der Waals surface area contributed by atoms with E-state index in [1.54, 1.807) is 24.3 Å². The molecule has 0 unspecified atom stereocenters. The van der Waals surface area contributed by atoms with Crippen molar-refractivity contribution in [3.05, 3.63) is 57.1 Å². The fourth-order valence-electron chi connectivity index (χ4n) is 2.03. The lowest BCUT2D eigenvalue weighted by Gasteiger charge is -2.13. The number of nitrogens with one attached hydrogen (secondary N) is 2. The molecule has 0 amide bonds. The van der Waals surface area contributed by atoms with Crippen molar-refractivity contribution in [2.75, 3.05) is 17.2 Å². The average Bonchev–Trinajstić information content (AvgIpc) is 2.52. The van der Waals surface area contributed by atoms with Crippen molar-refractivity contribution in [2.24, 2.45) is 0 Å². The molecule has 24 heavy (non-hydrogen) atoms. The highest BCUT2D eigenvalue weighted by molar-refractivity contribution is 7.80. The van der Waals surface area contributed by atoms with Crippen LogP contribution in [-0.4, -0.2) is 16.6 Å². The summed E-state index contributed by atoms with van der Waals surface area (Å²) in [5, 5.41) is 17.9. The molecule has 2 N–H and O–H groups in total. The van der Waals surface area contributed by atoms with Gasteiger partial charge >= 0.3 is 0 Å². The zero-order valence-corrected chi connectivity index (χ0v) is 14.7. The monoisotopic (exact) mass is 365 g/mol. The van der Waals surface area contributed by atoms with Crippen LogP contribution in [0.15, 0.2) is 36.4 Å². The fraction of sp³-hybridized carbons (Fsp3) is 0.188. The molecule has 0 aliphatic carbocycles.